The molecular formula is C24H31N2O6P. The topological polar surface area (TPSA) is 125 Å². The lowest BCUT2D eigenvalue weighted by Gasteiger charge is -2.34. The van der Waals surface area contributed by atoms with Crippen LogP contribution in [0.1, 0.15) is 36.6 Å². The predicted molar refractivity (Wildman–Crippen MR) is 125 cm³/mol. The van der Waals surface area contributed by atoms with Gasteiger partial charge < -0.3 is 25.4 Å². The number of alkyl carbamates (subject to hydrolysis) is 1. The van der Waals surface area contributed by atoms with Crippen LogP contribution in [0.3, 0.4) is 0 Å². The average molecular weight is 474 g/mol. The quantitative estimate of drug-likeness (QED) is 0.408. The van der Waals surface area contributed by atoms with Crippen molar-refractivity contribution >= 4 is 19.4 Å². The average Bonchev–Trinajstić information content (AvgIpc) is 2.79. The number of rotatable bonds is 9. The summed E-state index contributed by atoms with van der Waals surface area (Å²) in [6.07, 6.45) is -0.533. The second-order valence-electron chi connectivity index (χ2n) is 8.66. The van der Waals surface area contributed by atoms with E-state index in [1.165, 1.54) is 0 Å². The lowest BCUT2D eigenvalue weighted by atomic mass is 9.87. The Hall–Kier alpha value is -2.67. The number of benzene rings is 2. The molecule has 4 unspecified atom stereocenters. The third-order valence-corrected chi connectivity index (χ3v) is 8.38. The molecule has 1 aliphatic heterocycles. The molecule has 178 valence electrons. The Morgan fingerprint density at radius 2 is 1.82 bits per heavy atom. The molecule has 4 atom stereocenters. The molecule has 0 spiro atoms. The summed E-state index contributed by atoms with van der Waals surface area (Å²) in [5, 5.41) is 15.7. The van der Waals surface area contributed by atoms with E-state index in [-0.39, 0.29) is 6.61 Å². The Labute approximate surface area is 193 Å². The van der Waals surface area contributed by atoms with Gasteiger partial charge in [-0.25, -0.2) is 4.79 Å². The van der Waals surface area contributed by atoms with Crippen LogP contribution in [0.5, 0.6) is 0 Å². The molecule has 1 aliphatic rings. The molecule has 0 aromatic heterocycles. The van der Waals surface area contributed by atoms with Gasteiger partial charge >= 0.3 is 12.1 Å². The highest BCUT2D eigenvalue weighted by molar-refractivity contribution is 7.58. The summed E-state index contributed by atoms with van der Waals surface area (Å²) in [7, 11) is -4.13. The minimum absolute atomic E-state index is 0.0216. The van der Waals surface area contributed by atoms with Gasteiger partial charge in [-0.15, -0.1) is 0 Å². The first-order valence-corrected chi connectivity index (χ1v) is 12.9. The first-order valence-electron chi connectivity index (χ1n) is 11.0. The second-order valence-corrected chi connectivity index (χ2v) is 11.1. The van der Waals surface area contributed by atoms with Gasteiger partial charge in [-0.3, -0.25) is 9.36 Å². The lowest BCUT2D eigenvalue weighted by molar-refractivity contribution is -0.142. The Kier molecular flexibility index (Phi) is 8.30. The van der Waals surface area contributed by atoms with Crippen molar-refractivity contribution in [2.24, 2.45) is 11.8 Å². The molecule has 0 saturated heterocycles. The largest absolute Gasteiger partial charge is 0.481 e. The highest BCUT2D eigenvalue weighted by atomic mass is 31.2. The molecule has 0 fully saturated rings. The monoisotopic (exact) mass is 474 g/mol. The summed E-state index contributed by atoms with van der Waals surface area (Å²) >= 11 is 0. The highest BCUT2D eigenvalue weighted by Crippen LogP contribution is 2.51. The van der Waals surface area contributed by atoms with E-state index in [1.54, 1.807) is 26.0 Å². The molecule has 2 aromatic carbocycles. The fourth-order valence-corrected chi connectivity index (χ4v) is 6.63. The van der Waals surface area contributed by atoms with E-state index in [2.05, 4.69) is 10.6 Å². The van der Waals surface area contributed by atoms with Crippen LogP contribution >= 0.6 is 7.37 Å². The van der Waals surface area contributed by atoms with Crippen molar-refractivity contribution in [3.8, 4) is 0 Å². The van der Waals surface area contributed by atoms with E-state index in [0.717, 1.165) is 23.1 Å². The number of carboxylic acids is 1. The molecule has 0 radical (unpaired) electrons. The number of hydrogen-bond acceptors (Lipinski definition) is 5. The smallest absolute Gasteiger partial charge is 0.408 e. The molecule has 4 N–H and O–H groups in total. The number of hydrogen-bond donors (Lipinski definition) is 4. The van der Waals surface area contributed by atoms with Crippen molar-refractivity contribution in [1.29, 1.82) is 0 Å². The minimum atomic E-state index is -4.13. The first-order chi connectivity index (χ1) is 15.7. The maximum Gasteiger partial charge on any atom is 0.408 e. The zero-order valence-electron chi connectivity index (χ0n) is 18.8. The maximum atomic E-state index is 13.4. The number of fused-ring (bicyclic) bond motifs is 1. The zero-order valence-corrected chi connectivity index (χ0v) is 19.7. The minimum Gasteiger partial charge on any atom is -0.481 e. The Bertz CT molecular complexity index is 1010. The fraction of sp³-hybridized carbons (Fsp3) is 0.417. The third-order valence-electron chi connectivity index (χ3n) is 5.87. The Balaban J connectivity index is 1.74. The van der Waals surface area contributed by atoms with E-state index in [4.69, 9.17) is 4.74 Å². The van der Waals surface area contributed by atoms with Gasteiger partial charge in [0.2, 0.25) is 7.37 Å². The summed E-state index contributed by atoms with van der Waals surface area (Å²) in [4.78, 5) is 35.5. The molecule has 1 heterocycles. The van der Waals surface area contributed by atoms with E-state index in [0.29, 0.717) is 6.54 Å². The predicted octanol–water partition coefficient (Wildman–Crippen LogP) is 3.75. The van der Waals surface area contributed by atoms with Crippen molar-refractivity contribution in [1.82, 2.24) is 10.6 Å². The van der Waals surface area contributed by atoms with Crippen LogP contribution in [0, 0.1) is 11.8 Å². The number of carbonyl (C=O) groups is 2. The molecular weight excluding hydrogens is 443 g/mol. The van der Waals surface area contributed by atoms with Crippen LogP contribution in [0.4, 0.5) is 4.79 Å². The van der Waals surface area contributed by atoms with Gasteiger partial charge in [-0.2, -0.15) is 0 Å². The standard InChI is InChI=1S/C24H31N2O6P/c1-16(2)22(26-24(29)32-14-17-8-4-3-5-9-17)33(30,31)15-20(23(27)28)21-19-11-7-6-10-18(19)12-13-25-21/h3-11,16,20-22,25H,12-15H2,1-2H3,(H,26,29)(H,27,28)(H,30,31). The van der Waals surface area contributed by atoms with Crippen molar-refractivity contribution in [2.45, 2.75) is 38.7 Å². The van der Waals surface area contributed by atoms with Gasteiger partial charge in [0.25, 0.3) is 0 Å². The molecule has 3 rings (SSSR count). The van der Waals surface area contributed by atoms with Gasteiger partial charge in [0.1, 0.15) is 12.4 Å². The summed E-state index contributed by atoms with van der Waals surface area (Å²) < 4.78 is 18.6. The van der Waals surface area contributed by atoms with E-state index >= 15 is 0 Å². The lowest BCUT2D eigenvalue weighted by Crippen LogP contribution is -2.43. The first kappa shape index (κ1) is 25.0. The SMILES string of the molecule is CC(C)C(NC(=O)OCc1ccccc1)P(=O)(O)CC(C(=O)O)C1NCCc2ccccc21. The molecule has 33 heavy (non-hydrogen) atoms. The molecule has 0 bridgehead atoms. The van der Waals surface area contributed by atoms with Crippen LogP contribution in [0.15, 0.2) is 54.6 Å². The van der Waals surface area contributed by atoms with Crippen molar-refractivity contribution in [3.63, 3.8) is 0 Å². The number of ether oxygens (including phenoxy) is 1. The van der Waals surface area contributed by atoms with E-state index in [9.17, 15) is 24.2 Å². The van der Waals surface area contributed by atoms with E-state index < -0.39 is 49.3 Å². The number of nitrogens with one attached hydrogen (secondary N) is 2. The summed E-state index contributed by atoms with van der Waals surface area (Å²) in [6, 6.07) is 16.0. The molecule has 2 aromatic rings. The molecule has 0 saturated carbocycles. The van der Waals surface area contributed by atoms with Gasteiger partial charge in [-0.1, -0.05) is 68.4 Å². The van der Waals surface area contributed by atoms with E-state index in [1.807, 2.05) is 42.5 Å². The van der Waals surface area contributed by atoms with Gasteiger partial charge in [0.15, 0.2) is 0 Å². The third kappa shape index (κ3) is 6.44. The number of aliphatic carboxylic acids is 1. The van der Waals surface area contributed by atoms with Gasteiger partial charge in [0.05, 0.1) is 5.92 Å². The molecule has 9 heteroatoms. The van der Waals surface area contributed by atoms with Crippen molar-refractivity contribution < 1.29 is 28.9 Å². The number of carbonyl (C=O) groups excluding carboxylic acids is 1. The van der Waals surface area contributed by atoms with Crippen molar-refractivity contribution in [2.75, 3.05) is 12.7 Å². The van der Waals surface area contributed by atoms with Crippen LogP contribution in [-0.2, 0) is 27.1 Å². The molecule has 0 aliphatic carbocycles. The van der Waals surface area contributed by atoms with Crippen LogP contribution < -0.4 is 10.6 Å². The molecule has 8 nitrogen and oxygen atoms in total. The van der Waals surface area contributed by atoms with Gasteiger partial charge in [0, 0.05) is 12.2 Å². The van der Waals surface area contributed by atoms with Crippen LogP contribution in [0.25, 0.3) is 0 Å². The van der Waals surface area contributed by atoms with Gasteiger partial charge in [-0.05, 0) is 35.6 Å². The summed E-state index contributed by atoms with van der Waals surface area (Å²) in [6.45, 7) is 4.01. The van der Waals surface area contributed by atoms with Crippen molar-refractivity contribution in [3.05, 3.63) is 71.3 Å². The fourth-order valence-electron chi connectivity index (χ4n) is 4.24. The Morgan fingerprint density at radius 1 is 1.15 bits per heavy atom. The highest BCUT2D eigenvalue weighted by Gasteiger charge is 2.43. The normalized spacial score (nSPS) is 19.1. The van der Waals surface area contributed by atoms with Crippen LogP contribution in [-0.4, -0.2) is 40.6 Å². The number of amides is 1. The molecule has 1 amide bonds. The Morgan fingerprint density at radius 3 is 2.48 bits per heavy atom. The van der Waals surface area contributed by atoms with Crippen LogP contribution in [0.2, 0.25) is 0 Å². The summed E-state index contributed by atoms with van der Waals surface area (Å²) in [5.41, 5.74) is 2.64. The number of carboxylic acid groups (broad SMARTS) is 1. The summed E-state index contributed by atoms with van der Waals surface area (Å²) in [5.74, 6) is -3.84. The maximum absolute atomic E-state index is 13.4. The second kappa shape index (κ2) is 11.0. The zero-order chi connectivity index (χ0) is 24.0.